The molecule has 2 rings (SSSR count). The van der Waals surface area contributed by atoms with E-state index < -0.39 is 0 Å². The number of aryl methyl sites for hydroxylation is 1. The number of hydrogen-bond acceptors (Lipinski definition) is 1. The fourth-order valence-corrected chi connectivity index (χ4v) is 2.79. The molecule has 2 N–H and O–H groups in total. The van der Waals surface area contributed by atoms with Crippen LogP contribution in [0.3, 0.4) is 0 Å². The predicted octanol–water partition coefficient (Wildman–Crippen LogP) is 3.39. The summed E-state index contributed by atoms with van der Waals surface area (Å²) in [6, 6.07) is 6.87. The van der Waals surface area contributed by atoms with Crippen LogP contribution in [0, 0.1) is 0 Å². The van der Waals surface area contributed by atoms with Crippen molar-refractivity contribution < 1.29 is 0 Å². The predicted molar refractivity (Wildman–Crippen MR) is 68.1 cm³/mol. The molecular formula is C13H18BrN. The topological polar surface area (TPSA) is 26.0 Å². The SMILES string of the molecule is CCc1ccc(Br)cc1C1(C(C)N)CC1. The second kappa shape index (κ2) is 3.91. The van der Waals surface area contributed by atoms with E-state index in [0.717, 1.165) is 6.42 Å². The summed E-state index contributed by atoms with van der Waals surface area (Å²) in [5, 5.41) is 0. The highest BCUT2D eigenvalue weighted by Gasteiger charge is 2.48. The van der Waals surface area contributed by atoms with Crippen LogP contribution in [0.25, 0.3) is 0 Å². The Morgan fingerprint density at radius 2 is 2.13 bits per heavy atom. The fourth-order valence-electron chi connectivity index (χ4n) is 2.43. The average molecular weight is 268 g/mol. The molecule has 0 amide bonds. The van der Waals surface area contributed by atoms with Gasteiger partial charge in [-0.25, -0.2) is 0 Å². The van der Waals surface area contributed by atoms with Gasteiger partial charge in [0.2, 0.25) is 0 Å². The Hall–Kier alpha value is -0.340. The van der Waals surface area contributed by atoms with Gasteiger partial charge in [-0.2, -0.15) is 0 Å². The molecule has 1 unspecified atom stereocenters. The molecule has 1 atom stereocenters. The van der Waals surface area contributed by atoms with Crippen LogP contribution in [-0.4, -0.2) is 6.04 Å². The van der Waals surface area contributed by atoms with Gasteiger partial charge in [-0.1, -0.05) is 28.9 Å². The maximum Gasteiger partial charge on any atom is 0.0178 e. The molecule has 1 aliphatic carbocycles. The van der Waals surface area contributed by atoms with E-state index in [1.807, 2.05) is 0 Å². The second-order valence-electron chi connectivity index (χ2n) is 4.60. The molecule has 1 aliphatic rings. The summed E-state index contributed by atoms with van der Waals surface area (Å²) in [7, 11) is 0. The molecule has 1 aromatic carbocycles. The first-order chi connectivity index (χ1) is 7.10. The zero-order valence-electron chi connectivity index (χ0n) is 9.39. The summed E-state index contributed by atoms with van der Waals surface area (Å²) in [4.78, 5) is 0. The number of rotatable bonds is 3. The lowest BCUT2D eigenvalue weighted by Gasteiger charge is -2.23. The summed E-state index contributed by atoms with van der Waals surface area (Å²) in [5.41, 5.74) is 9.31. The molecule has 1 saturated carbocycles. The van der Waals surface area contributed by atoms with Crippen LogP contribution in [0.2, 0.25) is 0 Å². The van der Waals surface area contributed by atoms with Crippen LogP contribution in [0.1, 0.15) is 37.8 Å². The van der Waals surface area contributed by atoms with Crippen molar-refractivity contribution in [1.82, 2.24) is 0 Å². The van der Waals surface area contributed by atoms with Crippen molar-refractivity contribution in [3.63, 3.8) is 0 Å². The molecular weight excluding hydrogens is 250 g/mol. The first kappa shape index (κ1) is 11.2. The van der Waals surface area contributed by atoms with Gasteiger partial charge in [0.1, 0.15) is 0 Å². The van der Waals surface area contributed by atoms with Crippen molar-refractivity contribution >= 4 is 15.9 Å². The van der Waals surface area contributed by atoms with E-state index in [9.17, 15) is 0 Å². The monoisotopic (exact) mass is 267 g/mol. The van der Waals surface area contributed by atoms with Crippen LogP contribution < -0.4 is 5.73 Å². The summed E-state index contributed by atoms with van der Waals surface area (Å²) in [5.74, 6) is 0. The fraction of sp³-hybridized carbons (Fsp3) is 0.538. The van der Waals surface area contributed by atoms with Gasteiger partial charge in [-0.15, -0.1) is 0 Å². The van der Waals surface area contributed by atoms with Crippen molar-refractivity contribution in [1.29, 1.82) is 0 Å². The Kier molecular flexibility index (Phi) is 2.91. The minimum absolute atomic E-state index is 0.261. The van der Waals surface area contributed by atoms with Gasteiger partial charge in [-0.3, -0.25) is 0 Å². The van der Waals surface area contributed by atoms with Gasteiger partial charge in [0.25, 0.3) is 0 Å². The average Bonchev–Trinajstić information content (AvgIpc) is 2.98. The van der Waals surface area contributed by atoms with Crippen molar-refractivity contribution in [2.45, 2.75) is 44.6 Å². The first-order valence-corrected chi connectivity index (χ1v) is 6.44. The third-order valence-electron chi connectivity index (χ3n) is 3.65. The Bertz CT molecular complexity index is 367. The van der Waals surface area contributed by atoms with Crippen molar-refractivity contribution in [3.8, 4) is 0 Å². The van der Waals surface area contributed by atoms with Crippen LogP contribution in [-0.2, 0) is 11.8 Å². The molecule has 0 spiro atoms. The van der Waals surface area contributed by atoms with Gasteiger partial charge < -0.3 is 5.73 Å². The lowest BCUT2D eigenvalue weighted by Crippen LogP contribution is -2.32. The zero-order chi connectivity index (χ0) is 11.1. The van der Waals surface area contributed by atoms with Crippen molar-refractivity contribution in [2.75, 3.05) is 0 Å². The van der Waals surface area contributed by atoms with E-state index in [0.29, 0.717) is 0 Å². The molecule has 1 fully saturated rings. The first-order valence-electron chi connectivity index (χ1n) is 5.64. The molecule has 0 heterocycles. The largest absolute Gasteiger partial charge is 0.327 e. The molecule has 0 bridgehead atoms. The summed E-state index contributed by atoms with van der Waals surface area (Å²) >= 11 is 3.55. The second-order valence-corrected chi connectivity index (χ2v) is 5.52. The minimum atomic E-state index is 0.261. The molecule has 0 aromatic heterocycles. The number of halogens is 1. The van der Waals surface area contributed by atoms with E-state index in [-0.39, 0.29) is 11.5 Å². The molecule has 82 valence electrons. The Balaban J connectivity index is 2.46. The van der Waals surface area contributed by atoms with E-state index in [1.165, 1.54) is 28.4 Å². The van der Waals surface area contributed by atoms with E-state index in [1.54, 1.807) is 0 Å². The number of nitrogens with two attached hydrogens (primary N) is 1. The standard InChI is InChI=1S/C13H18BrN/c1-3-10-4-5-11(14)8-12(10)13(6-7-13)9(2)15/h4-5,8-9H,3,6-7,15H2,1-2H3. The lowest BCUT2D eigenvalue weighted by molar-refractivity contribution is 0.552. The summed E-state index contributed by atoms with van der Waals surface area (Å²) in [6.45, 7) is 4.34. The Morgan fingerprint density at radius 1 is 1.47 bits per heavy atom. The highest BCUT2D eigenvalue weighted by Crippen LogP contribution is 2.51. The Morgan fingerprint density at radius 3 is 2.60 bits per heavy atom. The Labute approximate surface area is 100 Å². The summed E-state index contributed by atoms with van der Waals surface area (Å²) < 4.78 is 1.17. The van der Waals surface area contributed by atoms with Crippen LogP contribution >= 0.6 is 15.9 Å². The van der Waals surface area contributed by atoms with Gasteiger partial charge in [0, 0.05) is 15.9 Å². The number of hydrogen-bond donors (Lipinski definition) is 1. The maximum atomic E-state index is 6.12. The number of benzene rings is 1. The van der Waals surface area contributed by atoms with Crippen LogP contribution in [0.4, 0.5) is 0 Å². The van der Waals surface area contributed by atoms with Gasteiger partial charge in [-0.05, 0) is 49.4 Å². The molecule has 15 heavy (non-hydrogen) atoms. The van der Waals surface area contributed by atoms with Gasteiger partial charge >= 0.3 is 0 Å². The lowest BCUT2D eigenvalue weighted by atomic mass is 9.85. The molecule has 1 aromatic rings. The normalized spacial score (nSPS) is 20.0. The molecule has 2 heteroatoms. The zero-order valence-corrected chi connectivity index (χ0v) is 11.0. The van der Waals surface area contributed by atoms with E-state index in [2.05, 4.69) is 48.0 Å². The van der Waals surface area contributed by atoms with E-state index >= 15 is 0 Å². The third kappa shape index (κ3) is 1.85. The molecule has 0 saturated heterocycles. The molecule has 0 radical (unpaired) electrons. The van der Waals surface area contributed by atoms with E-state index in [4.69, 9.17) is 5.73 Å². The molecule has 0 aliphatic heterocycles. The van der Waals surface area contributed by atoms with Crippen LogP contribution in [0.15, 0.2) is 22.7 Å². The van der Waals surface area contributed by atoms with Gasteiger partial charge in [0.15, 0.2) is 0 Å². The minimum Gasteiger partial charge on any atom is -0.327 e. The van der Waals surface area contributed by atoms with Gasteiger partial charge in [0.05, 0.1) is 0 Å². The highest BCUT2D eigenvalue weighted by atomic mass is 79.9. The van der Waals surface area contributed by atoms with Crippen molar-refractivity contribution in [2.24, 2.45) is 5.73 Å². The molecule has 1 nitrogen and oxygen atoms in total. The quantitative estimate of drug-likeness (QED) is 0.893. The smallest absolute Gasteiger partial charge is 0.0178 e. The third-order valence-corrected chi connectivity index (χ3v) is 4.14. The van der Waals surface area contributed by atoms with Crippen molar-refractivity contribution in [3.05, 3.63) is 33.8 Å². The highest BCUT2D eigenvalue weighted by molar-refractivity contribution is 9.10. The van der Waals surface area contributed by atoms with Crippen LogP contribution in [0.5, 0.6) is 0 Å². The summed E-state index contributed by atoms with van der Waals surface area (Å²) in [6.07, 6.45) is 3.58. The maximum absolute atomic E-state index is 6.12.